The van der Waals surface area contributed by atoms with Crippen LogP contribution in [0.25, 0.3) is 11.2 Å². The molecule has 0 radical (unpaired) electrons. The lowest BCUT2D eigenvalue weighted by molar-refractivity contribution is 0.535. The normalized spacial score (nSPS) is 11.5. The van der Waals surface area contributed by atoms with Crippen LogP contribution in [-0.2, 0) is 6.54 Å². The number of halogens is 1. The van der Waals surface area contributed by atoms with E-state index in [1.54, 1.807) is 0 Å². The lowest BCUT2D eigenvalue weighted by Crippen LogP contribution is -2.08. The summed E-state index contributed by atoms with van der Waals surface area (Å²) < 4.78 is 2.75. The van der Waals surface area contributed by atoms with Crippen LogP contribution < -0.4 is 5.73 Å². The molecule has 0 bridgehead atoms. The van der Waals surface area contributed by atoms with Gasteiger partial charge in [0, 0.05) is 6.54 Å². The average Bonchev–Trinajstić information content (AvgIpc) is 2.43. The Bertz CT molecular complexity index is 489. The van der Waals surface area contributed by atoms with Crippen LogP contribution in [-0.4, -0.2) is 14.5 Å². The van der Waals surface area contributed by atoms with Crippen LogP contribution in [0.3, 0.4) is 0 Å². The summed E-state index contributed by atoms with van der Waals surface area (Å²) in [6.07, 6.45) is 0. The fourth-order valence-corrected chi connectivity index (χ4v) is 1.84. The van der Waals surface area contributed by atoms with Crippen molar-refractivity contribution in [2.24, 2.45) is 5.92 Å². The second-order valence-corrected chi connectivity index (χ2v) is 4.76. The number of hydrogen-bond donors (Lipinski definition) is 1. The molecule has 0 aromatic carbocycles. The van der Waals surface area contributed by atoms with Crippen molar-refractivity contribution in [3.05, 3.63) is 16.7 Å². The minimum Gasteiger partial charge on any atom is -0.369 e. The number of nitrogens with zero attached hydrogens (tertiary/aromatic N) is 3. The van der Waals surface area contributed by atoms with Crippen LogP contribution in [0.15, 0.2) is 16.7 Å². The van der Waals surface area contributed by atoms with Crippen molar-refractivity contribution in [1.29, 1.82) is 0 Å². The molecule has 0 fully saturated rings. The average molecular weight is 269 g/mol. The predicted octanol–water partition coefficient (Wildman–Crippen LogP) is 2.43. The molecule has 0 aliphatic heterocycles. The Morgan fingerprint density at radius 3 is 2.80 bits per heavy atom. The Morgan fingerprint density at radius 1 is 1.40 bits per heavy atom. The van der Waals surface area contributed by atoms with Crippen LogP contribution in [0.1, 0.15) is 13.8 Å². The summed E-state index contributed by atoms with van der Waals surface area (Å²) in [4.78, 5) is 8.65. The molecule has 15 heavy (non-hydrogen) atoms. The van der Waals surface area contributed by atoms with Crippen molar-refractivity contribution in [3.8, 4) is 0 Å². The maximum Gasteiger partial charge on any atom is 0.202 e. The highest BCUT2D eigenvalue weighted by atomic mass is 79.9. The predicted molar refractivity (Wildman–Crippen MR) is 64.5 cm³/mol. The van der Waals surface area contributed by atoms with Crippen LogP contribution in [0.4, 0.5) is 5.95 Å². The zero-order valence-electron chi connectivity index (χ0n) is 8.74. The Labute approximate surface area is 96.6 Å². The minimum atomic E-state index is 0.519. The SMILES string of the molecule is CC(C)Cn1c(N)nc2ccc(Br)nc21. The minimum absolute atomic E-state index is 0.519. The van der Waals surface area contributed by atoms with Crippen molar-refractivity contribution in [1.82, 2.24) is 14.5 Å². The first kappa shape index (κ1) is 10.4. The highest BCUT2D eigenvalue weighted by Crippen LogP contribution is 2.19. The molecule has 0 aliphatic carbocycles. The standard InChI is InChI=1S/C10H13BrN4/c1-6(2)5-15-9-7(13-10(15)12)3-4-8(11)14-9/h3-4,6H,5H2,1-2H3,(H2,12,13). The van der Waals surface area contributed by atoms with Gasteiger partial charge in [0.1, 0.15) is 10.1 Å². The largest absolute Gasteiger partial charge is 0.369 e. The van der Waals surface area contributed by atoms with Crippen LogP contribution in [0.2, 0.25) is 0 Å². The smallest absolute Gasteiger partial charge is 0.202 e. The summed E-state index contributed by atoms with van der Waals surface area (Å²) in [6.45, 7) is 5.12. The summed E-state index contributed by atoms with van der Waals surface area (Å²) in [5.74, 6) is 1.05. The number of aromatic nitrogens is 3. The van der Waals surface area contributed by atoms with Gasteiger partial charge in [0.15, 0.2) is 5.65 Å². The molecule has 4 nitrogen and oxygen atoms in total. The van der Waals surface area contributed by atoms with E-state index in [0.717, 1.165) is 22.3 Å². The van der Waals surface area contributed by atoms with E-state index in [9.17, 15) is 0 Å². The Balaban J connectivity index is 2.60. The van der Waals surface area contributed by atoms with Crippen molar-refractivity contribution in [3.63, 3.8) is 0 Å². The van der Waals surface area contributed by atoms with Crippen molar-refractivity contribution < 1.29 is 0 Å². The number of anilines is 1. The third kappa shape index (κ3) is 1.97. The fraction of sp³-hybridized carbons (Fsp3) is 0.400. The first-order valence-electron chi connectivity index (χ1n) is 4.86. The molecule has 2 aromatic heterocycles. The topological polar surface area (TPSA) is 56.7 Å². The first-order valence-corrected chi connectivity index (χ1v) is 5.65. The van der Waals surface area contributed by atoms with Gasteiger partial charge in [-0.15, -0.1) is 0 Å². The second-order valence-electron chi connectivity index (χ2n) is 3.95. The Kier molecular flexibility index (Phi) is 2.65. The summed E-state index contributed by atoms with van der Waals surface area (Å²) >= 11 is 3.35. The van der Waals surface area contributed by atoms with Gasteiger partial charge in [-0.3, -0.25) is 4.57 Å². The van der Waals surface area contributed by atoms with Gasteiger partial charge in [-0.1, -0.05) is 13.8 Å². The van der Waals surface area contributed by atoms with E-state index in [0.29, 0.717) is 11.9 Å². The molecule has 0 saturated heterocycles. The molecule has 0 saturated carbocycles. The highest BCUT2D eigenvalue weighted by molar-refractivity contribution is 9.10. The molecule has 2 heterocycles. The maximum atomic E-state index is 5.85. The third-order valence-corrected chi connectivity index (χ3v) is 2.58. The van der Waals surface area contributed by atoms with Gasteiger partial charge >= 0.3 is 0 Å². The van der Waals surface area contributed by atoms with Crippen molar-refractivity contribution in [2.75, 3.05) is 5.73 Å². The zero-order chi connectivity index (χ0) is 11.0. The van der Waals surface area contributed by atoms with Gasteiger partial charge in [-0.25, -0.2) is 9.97 Å². The number of fused-ring (bicyclic) bond motifs is 1. The molecular formula is C10H13BrN4. The van der Waals surface area contributed by atoms with Crippen LogP contribution >= 0.6 is 15.9 Å². The van der Waals surface area contributed by atoms with E-state index in [2.05, 4.69) is 39.7 Å². The number of rotatable bonds is 2. The molecule has 0 atom stereocenters. The Hall–Kier alpha value is -1.10. The van der Waals surface area contributed by atoms with Crippen molar-refractivity contribution >= 4 is 33.0 Å². The van der Waals surface area contributed by atoms with E-state index < -0.39 is 0 Å². The van der Waals surface area contributed by atoms with Gasteiger partial charge in [0.05, 0.1) is 0 Å². The molecular weight excluding hydrogens is 256 g/mol. The molecule has 80 valence electrons. The number of imidazole rings is 1. The molecule has 2 N–H and O–H groups in total. The number of hydrogen-bond acceptors (Lipinski definition) is 3. The van der Waals surface area contributed by atoms with Crippen LogP contribution in [0, 0.1) is 5.92 Å². The molecule has 2 aromatic rings. The first-order chi connectivity index (χ1) is 7.08. The van der Waals surface area contributed by atoms with Gasteiger partial charge in [0.25, 0.3) is 0 Å². The highest BCUT2D eigenvalue weighted by Gasteiger charge is 2.10. The maximum absolute atomic E-state index is 5.85. The molecule has 2 rings (SSSR count). The van der Waals surface area contributed by atoms with E-state index >= 15 is 0 Å². The van der Waals surface area contributed by atoms with Gasteiger partial charge in [0.2, 0.25) is 5.95 Å². The zero-order valence-corrected chi connectivity index (χ0v) is 10.3. The quantitative estimate of drug-likeness (QED) is 0.852. The fourth-order valence-electron chi connectivity index (χ4n) is 1.54. The number of pyridine rings is 1. The second kappa shape index (κ2) is 3.81. The van der Waals surface area contributed by atoms with E-state index in [4.69, 9.17) is 5.73 Å². The summed E-state index contributed by atoms with van der Waals surface area (Å²) in [7, 11) is 0. The summed E-state index contributed by atoms with van der Waals surface area (Å²) in [5.41, 5.74) is 7.54. The summed E-state index contributed by atoms with van der Waals surface area (Å²) in [5, 5.41) is 0. The molecule has 5 heteroatoms. The van der Waals surface area contributed by atoms with Crippen LogP contribution in [0.5, 0.6) is 0 Å². The monoisotopic (exact) mass is 268 g/mol. The van der Waals surface area contributed by atoms with Gasteiger partial charge in [-0.2, -0.15) is 0 Å². The van der Waals surface area contributed by atoms with Gasteiger partial charge in [-0.05, 0) is 34.0 Å². The van der Waals surface area contributed by atoms with Gasteiger partial charge < -0.3 is 5.73 Å². The Morgan fingerprint density at radius 2 is 2.13 bits per heavy atom. The van der Waals surface area contributed by atoms with E-state index in [-0.39, 0.29) is 0 Å². The molecule has 0 amide bonds. The molecule has 0 aliphatic rings. The number of nitrogen functional groups attached to an aromatic ring is 1. The van der Waals surface area contributed by atoms with E-state index in [1.807, 2.05) is 16.7 Å². The van der Waals surface area contributed by atoms with Crippen molar-refractivity contribution in [2.45, 2.75) is 20.4 Å². The van der Waals surface area contributed by atoms with E-state index in [1.165, 1.54) is 0 Å². The lowest BCUT2D eigenvalue weighted by atomic mass is 10.2. The lowest BCUT2D eigenvalue weighted by Gasteiger charge is -2.08. The molecule has 0 unspecified atom stereocenters. The number of nitrogens with two attached hydrogens (primary N) is 1. The molecule has 0 spiro atoms. The third-order valence-electron chi connectivity index (χ3n) is 2.14. The summed E-state index contributed by atoms with van der Waals surface area (Å²) in [6, 6.07) is 3.79.